The van der Waals surface area contributed by atoms with Crippen molar-refractivity contribution in [2.75, 3.05) is 25.0 Å². The van der Waals surface area contributed by atoms with Crippen LogP contribution in [0.4, 0.5) is 0 Å². The Labute approximate surface area is 118 Å². The molecule has 2 aliphatic rings. The van der Waals surface area contributed by atoms with E-state index in [4.69, 9.17) is 4.74 Å². The summed E-state index contributed by atoms with van der Waals surface area (Å²) < 4.78 is 5.57. The molecular weight excluding hydrogens is 294 g/mol. The lowest BCUT2D eigenvalue weighted by Gasteiger charge is -2.32. The lowest BCUT2D eigenvalue weighted by Crippen LogP contribution is -2.40. The molecule has 2 heterocycles. The van der Waals surface area contributed by atoms with Gasteiger partial charge in [-0.2, -0.15) is 0 Å². The van der Waals surface area contributed by atoms with Crippen LogP contribution in [0.25, 0.3) is 0 Å². The van der Waals surface area contributed by atoms with Crippen LogP contribution in [0.2, 0.25) is 0 Å². The molecule has 0 bridgehead atoms. The van der Waals surface area contributed by atoms with E-state index < -0.39 is 0 Å². The van der Waals surface area contributed by atoms with Gasteiger partial charge in [-0.25, -0.2) is 0 Å². The van der Waals surface area contributed by atoms with E-state index in [2.05, 4.69) is 20.8 Å². The third-order valence-corrected chi connectivity index (χ3v) is 4.55. The number of hydrogen-bond donors (Lipinski definition) is 0. The van der Waals surface area contributed by atoms with E-state index in [0.29, 0.717) is 24.3 Å². The number of ether oxygens (including phenoxy) is 1. The molecule has 3 nitrogen and oxygen atoms in total. The number of carbonyl (C=O) groups is 1. The summed E-state index contributed by atoms with van der Waals surface area (Å²) in [5.41, 5.74) is 0. The Balaban J connectivity index is 1.70. The van der Waals surface area contributed by atoms with Gasteiger partial charge in [0.25, 0.3) is 0 Å². The molecular formula is C14H24BrNO2. The molecule has 2 rings (SSSR count). The molecule has 0 aromatic rings. The third kappa shape index (κ3) is 4.23. The Hall–Kier alpha value is -0.0900. The summed E-state index contributed by atoms with van der Waals surface area (Å²) in [7, 11) is 0. The van der Waals surface area contributed by atoms with Crippen molar-refractivity contribution >= 4 is 21.8 Å². The van der Waals surface area contributed by atoms with Crippen LogP contribution >= 0.6 is 15.9 Å². The van der Waals surface area contributed by atoms with Crippen LogP contribution < -0.4 is 0 Å². The number of nitrogens with zero attached hydrogens (tertiary/aromatic N) is 1. The Morgan fingerprint density at radius 2 is 2.17 bits per heavy atom. The largest absolute Gasteiger partial charge is 0.378 e. The van der Waals surface area contributed by atoms with Crippen molar-refractivity contribution < 1.29 is 9.53 Å². The highest BCUT2D eigenvalue weighted by molar-refractivity contribution is 9.09. The maximum absolute atomic E-state index is 12.2. The monoisotopic (exact) mass is 317 g/mol. The van der Waals surface area contributed by atoms with Crippen molar-refractivity contribution in [2.24, 2.45) is 5.92 Å². The average Bonchev–Trinajstić information content (AvgIpc) is 2.90. The van der Waals surface area contributed by atoms with E-state index >= 15 is 0 Å². The topological polar surface area (TPSA) is 29.5 Å². The summed E-state index contributed by atoms with van der Waals surface area (Å²) in [5.74, 6) is 1.04. The molecule has 2 aliphatic heterocycles. The highest BCUT2D eigenvalue weighted by atomic mass is 79.9. The Morgan fingerprint density at radius 3 is 2.89 bits per heavy atom. The van der Waals surface area contributed by atoms with Crippen LogP contribution in [0, 0.1) is 5.92 Å². The Kier molecular flexibility index (Phi) is 5.96. The predicted octanol–water partition coefficient (Wildman–Crippen LogP) is 2.97. The van der Waals surface area contributed by atoms with Gasteiger partial charge in [-0.15, -0.1) is 0 Å². The maximum Gasteiger partial charge on any atom is 0.222 e. The summed E-state index contributed by atoms with van der Waals surface area (Å²) >= 11 is 3.50. The van der Waals surface area contributed by atoms with E-state index in [-0.39, 0.29) is 0 Å². The van der Waals surface area contributed by atoms with Gasteiger partial charge in [-0.3, -0.25) is 4.79 Å². The first-order valence-electron chi connectivity index (χ1n) is 7.25. The highest BCUT2D eigenvalue weighted by Crippen LogP contribution is 2.22. The molecule has 0 spiro atoms. The molecule has 2 unspecified atom stereocenters. The lowest BCUT2D eigenvalue weighted by molar-refractivity contribution is -0.133. The third-order valence-electron chi connectivity index (χ3n) is 4.09. The van der Waals surface area contributed by atoms with E-state index in [0.717, 1.165) is 44.3 Å². The maximum atomic E-state index is 12.2. The van der Waals surface area contributed by atoms with Crippen LogP contribution in [-0.2, 0) is 9.53 Å². The van der Waals surface area contributed by atoms with Crippen LogP contribution in [0.15, 0.2) is 0 Å². The first-order valence-corrected chi connectivity index (χ1v) is 8.37. The molecule has 2 fully saturated rings. The van der Waals surface area contributed by atoms with Gasteiger partial charge < -0.3 is 9.64 Å². The van der Waals surface area contributed by atoms with Crippen LogP contribution in [0.3, 0.4) is 0 Å². The van der Waals surface area contributed by atoms with Crippen molar-refractivity contribution in [1.82, 2.24) is 4.90 Å². The number of carbonyl (C=O) groups excluding carboxylic acids is 1. The van der Waals surface area contributed by atoms with Gasteiger partial charge in [0.2, 0.25) is 5.91 Å². The number of halogens is 1. The average molecular weight is 318 g/mol. The minimum Gasteiger partial charge on any atom is -0.378 e. The zero-order valence-electron chi connectivity index (χ0n) is 11.1. The molecule has 0 N–H and O–H groups in total. The summed E-state index contributed by atoms with van der Waals surface area (Å²) in [6.07, 6.45) is 7.87. The van der Waals surface area contributed by atoms with Crippen LogP contribution in [0.1, 0.15) is 44.9 Å². The molecule has 2 saturated heterocycles. The van der Waals surface area contributed by atoms with Gasteiger partial charge in [0, 0.05) is 31.4 Å². The second kappa shape index (κ2) is 7.49. The lowest BCUT2D eigenvalue weighted by atomic mass is 9.95. The summed E-state index contributed by atoms with van der Waals surface area (Å²) in [5, 5.41) is 1.05. The zero-order valence-corrected chi connectivity index (χ0v) is 12.7. The number of piperidine rings is 1. The smallest absolute Gasteiger partial charge is 0.222 e. The van der Waals surface area contributed by atoms with E-state index in [1.54, 1.807) is 0 Å². The number of amides is 1. The van der Waals surface area contributed by atoms with Gasteiger partial charge in [-0.05, 0) is 44.4 Å². The second-order valence-electron chi connectivity index (χ2n) is 5.50. The van der Waals surface area contributed by atoms with Gasteiger partial charge in [-0.1, -0.05) is 15.9 Å². The van der Waals surface area contributed by atoms with E-state index in [1.807, 2.05) is 0 Å². The van der Waals surface area contributed by atoms with Gasteiger partial charge >= 0.3 is 0 Å². The fraction of sp³-hybridized carbons (Fsp3) is 0.929. The van der Waals surface area contributed by atoms with Crippen molar-refractivity contribution in [3.05, 3.63) is 0 Å². The van der Waals surface area contributed by atoms with Crippen molar-refractivity contribution in [3.8, 4) is 0 Å². The zero-order chi connectivity index (χ0) is 12.8. The summed E-state index contributed by atoms with van der Waals surface area (Å²) in [6, 6.07) is 0. The SMILES string of the molecule is O=C(CCC1CCCO1)N1CCCC(CCBr)C1. The fourth-order valence-electron chi connectivity index (χ4n) is 3.00. The highest BCUT2D eigenvalue weighted by Gasteiger charge is 2.24. The molecule has 2 atom stereocenters. The number of likely N-dealkylation sites (tertiary alicyclic amines) is 1. The second-order valence-corrected chi connectivity index (χ2v) is 6.29. The van der Waals surface area contributed by atoms with Crippen LogP contribution in [-0.4, -0.2) is 41.9 Å². The molecule has 1 amide bonds. The first-order chi connectivity index (χ1) is 8.79. The van der Waals surface area contributed by atoms with E-state index in [1.165, 1.54) is 19.3 Å². The molecule has 18 heavy (non-hydrogen) atoms. The molecule has 0 aromatic carbocycles. The first kappa shape index (κ1) is 14.3. The number of hydrogen-bond acceptors (Lipinski definition) is 2. The van der Waals surface area contributed by atoms with Crippen LogP contribution in [0.5, 0.6) is 0 Å². The minimum atomic E-state index is 0.338. The minimum absolute atomic E-state index is 0.338. The Bertz CT molecular complexity index is 265. The van der Waals surface area contributed by atoms with Crippen molar-refractivity contribution in [1.29, 1.82) is 0 Å². The molecule has 0 saturated carbocycles. The molecule has 0 aromatic heterocycles. The molecule has 104 valence electrons. The predicted molar refractivity (Wildman–Crippen MR) is 75.9 cm³/mol. The molecule has 0 aliphatic carbocycles. The Morgan fingerprint density at radius 1 is 1.28 bits per heavy atom. The number of alkyl halides is 1. The normalized spacial score (nSPS) is 28.6. The number of rotatable bonds is 5. The fourth-order valence-corrected chi connectivity index (χ4v) is 3.64. The summed E-state index contributed by atoms with van der Waals surface area (Å²) in [4.78, 5) is 14.2. The standard InChI is InChI=1S/C14H24BrNO2/c15-8-7-12-3-1-9-16(11-12)14(17)6-5-13-4-2-10-18-13/h12-13H,1-11H2. The quantitative estimate of drug-likeness (QED) is 0.730. The van der Waals surface area contributed by atoms with Gasteiger partial charge in [0.15, 0.2) is 0 Å². The van der Waals surface area contributed by atoms with Gasteiger partial charge in [0.1, 0.15) is 0 Å². The molecule has 0 radical (unpaired) electrons. The summed E-state index contributed by atoms with van der Waals surface area (Å²) in [6.45, 7) is 2.81. The van der Waals surface area contributed by atoms with Crippen molar-refractivity contribution in [3.63, 3.8) is 0 Å². The van der Waals surface area contributed by atoms with E-state index in [9.17, 15) is 4.79 Å². The molecule has 4 heteroatoms. The van der Waals surface area contributed by atoms with Crippen molar-refractivity contribution in [2.45, 2.75) is 51.0 Å². The van der Waals surface area contributed by atoms with Gasteiger partial charge in [0.05, 0.1) is 6.10 Å².